The molecular weight excluding hydrogens is 184 g/mol. The molecule has 2 aromatic carbocycles. The quantitative estimate of drug-likeness (QED) is 0.689. The number of rotatable bonds is 0. The Morgan fingerprint density at radius 3 is 2.60 bits per heavy atom. The molecule has 1 atom stereocenters. The molecule has 2 aromatic rings. The summed E-state index contributed by atoms with van der Waals surface area (Å²) in [5, 5.41) is 12.4. The van der Waals surface area contributed by atoms with Crippen LogP contribution >= 0.6 is 0 Å². The van der Waals surface area contributed by atoms with Crippen LogP contribution in [0.3, 0.4) is 0 Å². The highest BCUT2D eigenvalue weighted by atomic mass is 16.3. The predicted molar refractivity (Wildman–Crippen MR) is 61.8 cm³/mol. The van der Waals surface area contributed by atoms with Crippen molar-refractivity contribution in [3.63, 3.8) is 0 Å². The van der Waals surface area contributed by atoms with Crippen molar-refractivity contribution in [2.75, 3.05) is 0 Å². The molecule has 1 N–H and O–H groups in total. The SMILES string of the molecule is OC1CCCc2cc3ccccc3cc21. The number of aryl methyl sites for hydroxylation is 1. The minimum atomic E-state index is -0.252. The van der Waals surface area contributed by atoms with Crippen molar-refractivity contribution in [2.45, 2.75) is 25.4 Å². The maximum atomic E-state index is 9.92. The van der Waals surface area contributed by atoms with Crippen molar-refractivity contribution in [2.24, 2.45) is 0 Å². The monoisotopic (exact) mass is 198 g/mol. The maximum Gasteiger partial charge on any atom is 0.0793 e. The van der Waals surface area contributed by atoms with E-state index in [0.717, 1.165) is 24.8 Å². The van der Waals surface area contributed by atoms with Crippen LogP contribution in [0.4, 0.5) is 0 Å². The lowest BCUT2D eigenvalue weighted by molar-refractivity contribution is 0.157. The summed E-state index contributed by atoms with van der Waals surface area (Å²) in [5.74, 6) is 0. The minimum Gasteiger partial charge on any atom is -0.388 e. The van der Waals surface area contributed by atoms with Crippen molar-refractivity contribution in [3.05, 3.63) is 47.5 Å². The Hall–Kier alpha value is -1.34. The molecule has 0 radical (unpaired) electrons. The smallest absolute Gasteiger partial charge is 0.0793 e. The molecule has 0 aliphatic heterocycles. The lowest BCUT2D eigenvalue weighted by Gasteiger charge is -2.21. The van der Waals surface area contributed by atoms with Crippen LogP contribution in [0.2, 0.25) is 0 Å². The highest BCUT2D eigenvalue weighted by Crippen LogP contribution is 2.32. The third-order valence-corrected chi connectivity index (χ3v) is 3.29. The van der Waals surface area contributed by atoms with E-state index in [1.807, 2.05) is 6.07 Å². The second-order valence-electron chi connectivity index (χ2n) is 4.31. The summed E-state index contributed by atoms with van der Waals surface area (Å²) < 4.78 is 0. The molecule has 0 heterocycles. The van der Waals surface area contributed by atoms with E-state index in [1.165, 1.54) is 16.3 Å². The van der Waals surface area contributed by atoms with Gasteiger partial charge < -0.3 is 5.11 Å². The summed E-state index contributed by atoms with van der Waals surface area (Å²) in [6.45, 7) is 0. The van der Waals surface area contributed by atoms with Crippen molar-refractivity contribution < 1.29 is 5.11 Å². The van der Waals surface area contributed by atoms with Crippen molar-refractivity contribution in [3.8, 4) is 0 Å². The third-order valence-electron chi connectivity index (χ3n) is 3.29. The summed E-state index contributed by atoms with van der Waals surface area (Å²) in [7, 11) is 0. The predicted octanol–water partition coefficient (Wildman–Crippen LogP) is 3.21. The van der Waals surface area contributed by atoms with Gasteiger partial charge in [-0.2, -0.15) is 0 Å². The molecule has 1 nitrogen and oxygen atoms in total. The van der Waals surface area contributed by atoms with Gasteiger partial charge in [0.1, 0.15) is 0 Å². The van der Waals surface area contributed by atoms with Gasteiger partial charge in [0.15, 0.2) is 0 Å². The van der Waals surface area contributed by atoms with Gasteiger partial charge in [0.2, 0.25) is 0 Å². The number of fused-ring (bicyclic) bond motifs is 2. The molecule has 0 aromatic heterocycles. The second kappa shape index (κ2) is 3.35. The van der Waals surface area contributed by atoms with Crippen LogP contribution in [-0.2, 0) is 6.42 Å². The Kier molecular flexibility index (Phi) is 2.00. The van der Waals surface area contributed by atoms with Crippen LogP contribution in [0, 0.1) is 0 Å². The van der Waals surface area contributed by atoms with Gasteiger partial charge in [-0.3, -0.25) is 0 Å². The first-order chi connectivity index (χ1) is 7.34. The Morgan fingerprint density at radius 2 is 1.80 bits per heavy atom. The Bertz CT molecular complexity index is 502. The van der Waals surface area contributed by atoms with Crippen LogP contribution in [0.5, 0.6) is 0 Å². The van der Waals surface area contributed by atoms with E-state index in [4.69, 9.17) is 0 Å². The lowest BCUT2D eigenvalue weighted by Crippen LogP contribution is -2.08. The largest absolute Gasteiger partial charge is 0.388 e. The summed E-state index contributed by atoms with van der Waals surface area (Å²) >= 11 is 0. The molecular formula is C14H14O. The fraction of sp³-hybridized carbons (Fsp3) is 0.286. The van der Waals surface area contributed by atoms with Gasteiger partial charge in [-0.05, 0) is 47.2 Å². The number of benzene rings is 2. The number of aliphatic hydroxyl groups excluding tert-OH is 1. The van der Waals surface area contributed by atoms with E-state index in [0.29, 0.717) is 0 Å². The van der Waals surface area contributed by atoms with Crippen LogP contribution in [-0.4, -0.2) is 5.11 Å². The van der Waals surface area contributed by atoms with Crippen LogP contribution < -0.4 is 0 Å². The van der Waals surface area contributed by atoms with E-state index in [1.54, 1.807) is 0 Å². The molecule has 0 amide bonds. The highest BCUT2D eigenvalue weighted by Gasteiger charge is 2.17. The normalized spacial score (nSPS) is 20.2. The van der Waals surface area contributed by atoms with Crippen LogP contribution in [0.1, 0.15) is 30.1 Å². The molecule has 1 aliphatic rings. The molecule has 0 fully saturated rings. The maximum absolute atomic E-state index is 9.92. The molecule has 1 heteroatoms. The third kappa shape index (κ3) is 1.44. The average Bonchev–Trinajstić information content (AvgIpc) is 2.27. The molecule has 1 unspecified atom stereocenters. The van der Waals surface area contributed by atoms with Gasteiger partial charge in [-0.1, -0.05) is 30.3 Å². The summed E-state index contributed by atoms with van der Waals surface area (Å²) in [5.41, 5.74) is 2.47. The Morgan fingerprint density at radius 1 is 1.07 bits per heavy atom. The topological polar surface area (TPSA) is 20.2 Å². The van der Waals surface area contributed by atoms with E-state index >= 15 is 0 Å². The van der Waals surface area contributed by atoms with Gasteiger partial charge in [0.05, 0.1) is 6.10 Å². The second-order valence-corrected chi connectivity index (χ2v) is 4.31. The number of hydrogen-bond acceptors (Lipinski definition) is 1. The van der Waals surface area contributed by atoms with Crippen molar-refractivity contribution >= 4 is 10.8 Å². The van der Waals surface area contributed by atoms with E-state index in [9.17, 15) is 5.11 Å². The molecule has 0 spiro atoms. The lowest BCUT2D eigenvalue weighted by atomic mass is 9.87. The fourth-order valence-corrected chi connectivity index (χ4v) is 2.47. The standard InChI is InChI=1S/C14H14O/c15-14-7-3-6-12-8-10-4-1-2-5-11(10)9-13(12)14/h1-2,4-5,8-9,14-15H,3,6-7H2. The van der Waals surface area contributed by atoms with Gasteiger partial charge >= 0.3 is 0 Å². The van der Waals surface area contributed by atoms with E-state index < -0.39 is 0 Å². The van der Waals surface area contributed by atoms with Crippen molar-refractivity contribution in [1.29, 1.82) is 0 Å². The summed E-state index contributed by atoms with van der Waals surface area (Å²) in [6.07, 6.45) is 2.87. The molecule has 0 saturated carbocycles. The Balaban J connectivity index is 2.27. The van der Waals surface area contributed by atoms with Gasteiger partial charge in [-0.25, -0.2) is 0 Å². The average molecular weight is 198 g/mol. The summed E-state index contributed by atoms with van der Waals surface area (Å²) in [6, 6.07) is 12.7. The molecule has 1 aliphatic carbocycles. The molecule has 76 valence electrons. The zero-order valence-electron chi connectivity index (χ0n) is 8.61. The molecule has 0 saturated heterocycles. The molecule has 15 heavy (non-hydrogen) atoms. The molecule has 3 rings (SSSR count). The zero-order valence-corrected chi connectivity index (χ0v) is 8.61. The van der Waals surface area contributed by atoms with E-state index in [2.05, 4.69) is 30.3 Å². The molecule has 0 bridgehead atoms. The fourth-order valence-electron chi connectivity index (χ4n) is 2.47. The van der Waals surface area contributed by atoms with Crippen molar-refractivity contribution in [1.82, 2.24) is 0 Å². The first kappa shape index (κ1) is 8.93. The first-order valence-electron chi connectivity index (χ1n) is 5.54. The minimum absolute atomic E-state index is 0.252. The first-order valence-corrected chi connectivity index (χ1v) is 5.54. The highest BCUT2D eigenvalue weighted by molar-refractivity contribution is 5.84. The Labute approximate surface area is 89.4 Å². The van der Waals surface area contributed by atoms with Gasteiger partial charge in [0, 0.05) is 0 Å². The number of aliphatic hydroxyl groups is 1. The van der Waals surface area contributed by atoms with Gasteiger partial charge in [0.25, 0.3) is 0 Å². The summed E-state index contributed by atoms with van der Waals surface area (Å²) in [4.78, 5) is 0. The van der Waals surface area contributed by atoms with E-state index in [-0.39, 0.29) is 6.10 Å². The zero-order chi connectivity index (χ0) is 10.3. The van der Waals surface area contributed by atoms with Crippen LogP contribution in [0.15, 0.2) is 36.4 Å². The van der Waals surface area contributed by atoms with Crippen LogP contribution in [0.25, 0.3) is 10.8 Å². The van der Waals surface area contributed by atoms with Gasteiger partial charge in [-0.15, -0.1) is 0 Å². The number of hydrogen-bond donors (Lipinski definition) is 1.